The summed E-state index contributed by atoms with van der Waals surface area (Å²) in [5.74, 6) is -11.4. The highest BCUT2D eigenvalue weighted by atomic mass is 16.5. The molecule has 3 aliphatic rings. The van der Waals surface area contributed by atoms with E-state index < -0.39 is 76.2 Å². The summed E-state index contributed by atoms with van der Waals surface area (Å²) >= 11 is 0. The molecular weight excluding hydrogens is 474 g/mol. The zero-order chi connectivity index (χ0) is 27.1. The molecule has 12 nitrogen and oxygen atoms in total. The molecule has 0 radical (unpaired) electrons. The normalized spacial score (nSPS) is 33.7. The van der Waals surface area contributed by atoms with Gasteiger partial charge in [0, 0.05) is 25.8 Å². The van der Waals surface area contributed by atoms with Crippen LogP contribution in [-0.2, 0) is 25.6 Å². The molecule has 1 amide bonds. The van der Waals surface area contributed by atoms with Crippen LogP contribution < -0.4 is 15.4 Å². The van der Waals surface area contributed by atoms with E-state index in [4.69, 9.17) is 10.5 Å². The van der Waals surface area contributed by atoms with E-state index in [1.165, 1.54) is 32.2 Å². The van der Waals surface area contributed by atoms with Crippen molar-refractivity contribution >= 4 is 34.7 Å². The molecule has 1 aromatic carbocycles. The van der Waals surface area contributed by atoms with Crippen LogP contribution in [0.3, 0.4) is 0 Å². The first-order valence-corrected chi connectivity index (χ1v) is 11.3. The van der Waals surface area contributed by atoms with E-state index in [2.05, 4.69) is 0 Å². The fourth-order valence-corrected chi connectivity index (χ4v) is 6.29. The second-order valence-electron chi connectivity index (χ2n) is 10.2. The number of aliphatic hydroxyl groups is 2. The summed E-state index contributed by atoms with van der Waals surface area (Å²) in [4.78, 5) is 68.9. The van der Waals surface area contributed by atoms with Gasteiger partial charge in [-0.15, -0.1) is 0 Å². The number of nitrogens with zero attached hydrogens (tertiary/aromatic N) is 2. The number of benzene rings is 1. The zero-order valence-corrected chi connectivity index (χ0v) is 20.6. The molecule has 194 valence electrons. The molecule has 0 aromatic heterocycles. The molecule has 0 spiro atoms. The predicted octanol–water partition coefficient (Wildman–Crippen LogP) is -1.94. The van der Waals surface area contributed by atoms with Crippen molar-refractivity contribution in [2.75, 3.05) is 40.2 Å². The quantitative estimate of drug-likeness (QED) is 0.335. The monoisotopic (exact) mass is 503 g/mol. The molecule has 5 N–H and O–H groups in total. The minimum absolute atomic E-state index is 0.0106. The van der Waals surface area contributed by atoms with Gasteiger partial charge in [0.2, 0.25) is 11.5 Å². The lowest BCUT2D eigenvalue weighted by molar-refractivity contribution is -0.221. The van der Waals surface area contributed by atoms with E-state index >= 15 is 0 Å². The molecule has 12 heteroatoms. The summed E-state index contributed by atoms with van der Waals surface area (Å²) in [5.41, 5.74) is 0.148. The van der Waals surface area contributed by atoms with Crippen molar-refractivity contribution in [2.45, 2.75) is 30.1 Å². The van der Waals surface area contributed by atoms with E-state index in [1.807, 2.05) is 0 Å². The molecule has 1 aromatic rings. The highest BCUT2D eigenvalue weighted by molar-refractivity contribution is 6.33. The largest absolute Gasteiger partial charge is 0.504 e. The van der Waals surface area contributed by atoms with Crippen LogP contribution in [0.1, 0.15) is 22.3 Å². The number of aromatic hydroxyl groups is 1. The number of anilines is 1. The lowest BCUT2D eigenvalue weighted by Crippen LogP contribution is -2.83. The van der Waals surface area contributed by atoms with E-state index in [1.54, 1.807) is 19.0 Å². The molecule has 36 heavy (non-hydrogen) atoms. The van der Waals surface area contributed by atoms with E-state index in [0.29, 0.717) is 11.3 Å². The van der Waals surface area contributed by atoms with Gasteiger partial charge >= 0.3 is 0 Å². The van der Waals surface area contributed by atoms with Gasteiger partial charge in [0.1, 0.15) is 11.6 Å². The standard InChI is InChI=1S/C24H29N3O9/c1-26(2)11-7-12(36-5)16(28)14-10(11)6-9-8-23(34)19(27(3)4)18(30)15(22(25)33)21(32)24(23,35)20(31)13(9)17(14)29/h7,9,13,15,19,28,34-35H,6,8H2,1-5H3,(H2,25,33)/t9-,13?,15?,19+,23+,24-/m0/s1. The van der Waals surface area contributed by atoms with Crippen LogP contribution in [0.15, 0.2) is 6.07 Å². The van der Waals surface area contributed by atoms with Gasteiger partial charge in [-0.1, -0.05) is 0 Å². The summed E-state index contributed by atoms with van der Waals surface area (Å²) in [6, 6.07) is -0.0951. The Morgan fingerprint density at radius 2 is 1.72 bits per heavy atom. The maximum absolute atomic E-state index is 13.8. The van der Waals surface area contributed by atoms with Crippen LogP contribution in [-0.4, -0.2) is 102 Å². The summed E-state index contributed by atoms with van der Waals surface area (Å²) in [7, 11) is 7.51. The molecule has 0 bridgehead atoms. The molecule has 6 atom stereocenters. The minimum Gasteiger partial charge on any atom is -0.504 e. The summed E-state index contributed by atoms with van der Waals surface area (Å²) < 4.78 is 5.19. The maximum atomic E-state index is 13.8. The Bertz CT molecular complexity index is 1230. The van der Waals surface area contributed by atoms with Gasteiger partial charge in [-0.25, -0.2) is 0 Å². The van der Waals surface area contributed by atoms with Crippen molar-refractivity contribution in [3.63, 3.8) is 0 Å². The number of hydrogen-bond acceptors (Lipinski definition) is 11. The van der Waals surface area contributed by atoms with Gasteiger partial charge in [-0.3, -0.25) is 28.9 Å². The molecule has 2 saturated carbocycles. The number of Topliss-reactive ketones (excluding diaryl/α,β-unsaturated/α-hetero) is 4. The topological polar surface area (TPSA) is 188 Å². The third-order valence-electron chi connectivity index (χ3n) is 7.78. The number of ketones is 4. The number of hydrogen-bond donors (Lipinski definition) is 4. The minimum atomic E-state index is -3.25. The lowest BCUT2D eigenvalue weighted by Gasteiger charge is -2.57. The Balaban J connectivity index is 1.96. The number of rotatable bonds is 4. The Hall–Kier alpha value is -3.35. The van der Waals surface area contributed by atoms with Gasteiger partial charge in [0.15, 0.2) is 40.5 Å². The number of fused-ring (bicyclic) bond motifs is 3. The fourth-order valence-electron chi connectivity index (χ4n) is 6.29. The van der Waals surface area contributed by atoms with Gasteiger partial charge in [-0.05, 0) is 38.4 Å². The third kappa shape index (κ3) is 3.01. The van der Waals surface area contributed by atoms with Crippen molar-refractivity contribution in [3.8, 4) is 11.5 Å². The van der Waals surface area contributed by atoms with Gasteiger partial charge < -0.3 is 30.7 Å². The second kappa shape index (κ2) is 8.08. The smallest absolute Gasteiger partial charge is 0.235 e. The first-order chi connectivity index (χ1) is 16.6. The third-order valence-corrected chi connectivity index (χ3v) is 7.78. The van der Waals surface area contributed by atoms with Crippen LogP contribution in [0.25, 0.3) is 0 Å². The zero-order valence-electron chi connectivity index (χ0n) is 20.6. The van der Waals surface area contributed by atoms with Crippen LogP contribution in [0.2, 0.25) is 0 Å². The molecule has 3 aliphatic carbocycles. The highest BCUT2D eigenvalue weighted by Gasteiger charge is 2.76. The van der Waals surface area contributed by atoms with Crippen LogP contribution in [0.5, 0.6) is 11.5 Å². The predicted molar refractivity (Wildman–Crippen MR) is 124 cm³/mol. The van der Waals surface area contributed by atoms with Crippen LogP contribution in [0, 0.1) is 17.8 Å². The van der Waals surface area contributed by atoms with Crippen molar-refractivity contribution in [2.24, 2.45) is 23.5 Å². The molecule has 0 heterocycles. The van der Waals surface area contributed by atoms with Crippen LogP contribution in [0.4, 0.5) is 5.69 Å². The summed E-state index contributed by atoms with van der Waals surface area (Å²) in [6.45, 7) is 0. The molecule has 2 unspecified atom stereocenters. The number of phenols is 1. The number of nitrogens with two attached hydrogens (primary N) is 1. The SMILES string of the molecule is COc1cc(N(C)C)c2c(c1O)C(=O)C1C(=O)[C@]3(O)C(=O)C(C(N)=O)C(=O)[C@@H](N(C)C)[C@]3(O)C[C@@H]1C2. The van der Waals surface area contributed by atoms with E-state index in [-0.39, 0.29) is 17.7 Å². The number of primary amides is 1. The number of methoxy groups -OCH3 is 1. The Morgan fingerprint density at radius 1 is 1.11 bits per heavy atom. The van der Waals surface area contributed by atoms with Gasteiger partial charge in [-0.2, -0.15) is 0 Å². The second-order valence-corrected chi connectivity index (χ2v) is 10.2. The number of phenolic OH excluding ortho intramolecular Hbond substituents is 1. The number of likely N-dealkylation sites (N-methyl/N-ethyl adjacent to an activating group) is 1. The first kappa shape index (κ1) is 25.7. The van der Waals surface area contributed by atoms with Crippen molar-refractivity contribution in [1.29, 1.82) is 0 Å². The molecule has 0 saturated heterocycles. The first-order valence-electron chi connectivity index (χ1n) is 11.3. The summed E-state index contributed by atoms with van der Waals surface area (Å²) in [5, 5.41) is 34.1. The molecule has 2 fully saturated rings. The Morgan fingerprint density at radius 3 is 2.22 bits per heavy atom. The van der Waals surface area contributed by atoms with Crippen molar-refractivity contribution in [1.82, 2.24) is 4.90 Å². The molecular formula is C24H29N3O9. The van der Waals surface area contributed by atoms with Crippen molar-refractivity contribution < 1.29 is 44.0 Å². The van der Waals surface area contributed by atoms with E-state index in [9.17, 15) is 39.3 Å². The molecule has 4 rings (SSSR count). The average molecular weight is 504 g/mol. The van der Waals surface area contributed by atoms with Gasteiger partial charge in [0.25, 0.3) is 0 Å². The number of amides is 1. The molecule has 0 aliphatic heterocycles. The summed E-state index contributed by atoms with van der Waals surface area (Å²) in [6.07, 6.45) is -0.459. The van der Waals surface area contributed by atoms with Gasteiger partial charge in [0.05, 0.1) is 18.6 Å². The van der Waals surface area contributed by atoms with E-state index in [0.717, 1.165) is 0 Å². The Labute approximate surface area is 206 Å². The highest BCUT2D eigenvalue weighted by Crippen LogP contribution is 2.54. The number of carbonyl (C=O) groups excluding carboxylic acids is 5. The van der Waals surface area contributed by atoms with Crippen LogP contribution >= 0.6 is 0 Å². The lowest BCUT2D eigenvalue weighted by atomic mass is 9.50. The maximum Gasteiger partial charge on any atom is 0.235 e. The average Bonchev–Trinajstić information content (AvgIpc) is 2.76. The number of ether oxygens (including phenoxy) is 1. The van der Waals surface area contributed by atoms with Crippen molar-refractivity contribution in [3.05, 3.63) is 17.2 Å². The number of carbonyl (C=O) groups is 5. The Kier molecular flexibility index (Phi) is 5.78. The fraction of sp³-hybridized carbons (Fsp3) is 0.542.